The molecular weight excluding hydrogens is 412 g/mol. The number of ketones is 1. The van der Waals surface area contributed by atoms with Crippen molar-refractivity contribution < 1.29 is 9.72 Å². The van der Waals surface area contributed by atoms with Crippen LogP contribution in [0.5, 0.6) is 0 Å². The van der Waals surface area contributed by atoms with Crippen LogP contribution in [0.25, 0.3) is 22.3 Å². The summed E-state index contributed by atoms with van der Waals surface area (Å²) in [5, 5.41) is 13.1. The lowest BCUT2D eigenvalue weighted by atomic mass is 10.1. The molecule has 0 spiro atoms. The maximum atomic E-state index is 12.5. The standard InChI is InChI=1S/C20H15ClN4O3S/c1-2-3-13(8-9-22)18(26)7-6-16-19(23-20-24(16)10-11-29-20)14-4-5-15(21)17(12-14)25(27)28/h2-12H,1,22H2/b7-6+,9-8-,13-3+. The fourth-order valence-electron chi connectivity index (χ4n) is 2.68. The average Bonchev–Trinajstić information content (AvgIpc) is 3.27. The van der Waals surface area contributed by atoms with E-state index in [0.29, 0.717) is 27.5 Å². The second-order valence-corrected chi connectivity index (χ2v) is 7.02. The van der Waals surface area contributed by atoms with Gasteiger partial charge in [0.05, 0.1) is 16.3 Å². The first-order valence-corrected chi connectivity index (χ1v) is 9.55. The molecule has 0 aliphatic heterocycles. The maximum Gasteiger partial charge on any atom is 0.288 e. The molecule has 0 atom stereocenters. The van der Waals surface area contributed by atoms with Crippen LogP contribution in [0, 0.1) is 10.1 Å². The second kappa shape index (κ2) is 8.68. The van der Waals surface area contributed by atoms with Gasteiger partial charge >= 0.3 is 0 Å². The molecule has 1 aromatic carbocycles. The zero-order valence-electron chi connectivity index (χ0n) is 15.0. The highest BCUT2D eigenvalue weighted by Gasteiger charge is 2.18. The number of nitro groups is 1. The van der Waals surface area contributed by atoms with Crippen molar-refractivity contribution in [2.24, 2.45) is 5.73 Å². The number of halogens is 1. The normalized spacial score (nSPS) is 12.2. The van der Waals surface area contributed by atoms with Crippen molar-refractivity contribution in [2.45, 2.75) is 0 Å². The molecular formula is C20H15ClN4O3S. The molecule has 2 heterocycles. The number of nitrogens with two attached hydrogens (primary N) is 1. The van der Waals surface area contributed by atoms with E-state index in [-0.39, 0.29) is 16.5 Å². The van der Waals surface area contributed by atoms with E-state index in [9.17, 15) is 14.9 Å². The minimum absolute atomic E-state index is 0.0415. The largest absolute Gasteiger partial charge is 0.405 e. The van der Waals surface area contributed by atoms with Crippen LogP contribution in [0.2, 0.25) is 5.02 Å². The molecule has 0 amide bonds. The summed E-state index contributed by atoms with van der Waals surface area (Å²) in [6.45, 7) is 3.59. The molecule has 3 aromatic rings. The van der Waals surface area contributed by atoms with Crippen molar-refractivity contribution in [1.29, 1.82) is 0 Å². The third-order valence-corrected chi connectivity index (χ3v) is 5.04. The number of rotatable bonds is 7. The van der Waals surface area contributed by atoms with Gasteiger partial charge in [-0.1, -0.05) is 36.4 Å². The number of benzene rings is 1. The summed E-state index contributed by atoms with van der Waals surface area (Å²) in [6, 6.07) is 4.48. The third-order valence-electron chi connectivity index (χ3n) is 3.97. The number of nitro benzene ring substituents is 1. The van der Waals surface area contributed by atoms with Crippen molar-refractivity contribution in [2.75, 3.05) is 0 Å². The highest BCUT2D eigenvalue weighted by molar-refractivity contribution is 7.15. The lowest BCUT2D eigenvalue weighted by Gasteiger charge is -2.02. The van der Waals surface area contributed by atoms with E-state index in [1.807, 2.05) is 11.6 Å². The lowest BCUT2D eigenvalue weighted by Crippen LogP contribution is -1.97. The van der Waals surface area contributed by atoms with Crippen LogP contribution in [-0.2, 0) is 4.79 Å². The first-order valence-electron chi connectivity index (χ1n) is 8.29. The van der Waals surface area contributed by atoms with Gasteiger partial charge in [-0.15, -0.1) is 11.3 Å². The van der Waals surface area contributed by atoms with Gasteiger partial charge in [-0.3, -0.25) is 19.3 Å². The van der Waals surface area contributed by atoms with Crippen LogP contribution >= 0.6 is 22.9 Å². The van der Waals surface area contributed by atoms with Crippen molar-refractivity contribution in [3.05, 3.63) is 93.3 Å². The van der Waals surface area contributed by atoms with E-state index >= 15 is 0 Å². The number of allylic oxidation sites excluding steroid dienone is 5. The maximum absolute atomic E-state index is 12.5. The smallest absolute Gasteiger partial charge is 0.288 e. The molecule has 2 aromatic heterocycles. The third kappa shape index (κ3) is 4.18. The highest BCUT2D eigenvalue weighted by Crippen LogP contribution is 2.33. The number of fused-ring (bicyclic) bond motifs is 1. The van der Waals surface area contributed by atoms with Gasteiger partial charge in [0.2, 0.25) is 0 Å². The van der Waals surface area contributed by atoms with E-state index < -0.39 is 4.92 Å². The van der Waals surface area contributed by atoms with E-state index in [2.05, 4.69) is 11.6 Å². The molecule has 0 fully saturated rings. The number of aromatic nitrogens is 2. The van der Waals surface area contributed by atoms with E-state index in [0.717, 1.165) is 0 Å². The van der Waals surface area contributed by atoms with Crippen LogP contribution in [0.1, 0.15) is 5.69 Å². The molecule has 29 heavy (non-hydrogen) atoms. The molecule has 0 aliphatic carbocycles. The monoisotopic (exact) mass is 426 g/mol. The lowest BCUT2D eigenvalue weighted by molar-refractivity contribution is -0.384. The van der Waals surface area contributed by atoms with Gasteiger partial charge < -0.3 is 5.73 Å². The zero-order valence-corrected chi connectivity index (χ0v) is 16.6. The first kappa shape index (κ1) is 20.2. The number of hydrogen-bond acceptors (Lipinski definition) is 6. The summed E-state index contributed by atoms with van der Waals surface area (Å²) in [6.07, 6.45) is 10.6. The van der Waals surface area contributed by atoms with Gasteiger partial charge in [0.25, 0.3) is 5.69 Å². The molecule has 0 saturated heterocycles. The van der Waals surface area contributed by atoms with Crippen LogP contribution < -0.4 is 5.73 Å². The fourth-order valence-corrected chi connectivity index (χ4v) is 3.58. The number of thiazole rings is 1. The van der Waals surface area contributed by atoms with Crippen LogP contribution in [0.15, 0.2) is 72.4 Å². The Morgan fingerprint density at radius 1 is 1.38 bits per heavy atom. The average molecular weight is 427 g/mol. The Balaban J connectivity index is 2.10. The Kier molecular flexibility index (Phi) is 6.06. The molecule has 0 unspecified atom stereocenters. The van der Waals surface area contributed by atoms with Crippen LogP contribution in [0.3, 0.4) is 0 Å². The summed E-state index contributed by atoms with van der Waals surface area (Å²) in [4.78, 5) is 28.4. The summed E-state index contributed by atoms with van der Waals surface area (Å²) in [5.74, 6) is -0.273. The minimum atomic E-state index is -0.547. The number of nitrogens with zero attached hydrogens (tertiary/aromatic N) is 3. The van der Waals surface area contributed by atoms with Gasteiger partial charge in [0, 0.05) is 28.8 Å². The fraction of sp³-hybridized carbons (Fsp3) is 0. The predicted octanol–water partition coefficient (Wildman–Crippen LogP) is 4.79. The van der Waals surface area contributed by atoms with Crippen molar-refractivity contribution in [3.8, 4) is 11.3 Å². The Morgan fingerprint density at radius 3 is 2.86 bits per heavy atom. The SMILES string of the molecule is C=C/C=C(\C=C/N)C(=O)/C=C/c1c(-c2ccc(Cl)c([N+](=O)[O-])c2)nc2sccn12. The van der Waals surface area contributed by atoms with Gasteiger partial charge in [0.1, 0.15) is 5.02 Å². The molecule has 0 saturated carbocycles. The van der Waals surface area contributed by atoms with Gasteiger partial charge in [-0.2, -0.15) is 0 Å². The molecule has 9 heteroatoms. The Labute approximate surface area is 174 Å². The predicted molar refractivity (Wildman–Crippen MR) is 116 cm³/mol. The molecule has 0 aliphatic rings. The summed E-state index contributed by atoms with van der Waals surface area (Å²) < 4.78 is 1.81. The molecule has 2 N–H and O–H groups in total. The van der Waals surface area contributed by atoms with Crippen LogP contribution in [0.4, 0.5) is 5.69 Å². The van der Waals surface area contributed by atoms with Crippen molar-refractivity contribution >= 4 is 45.4 Å². The Hall–Kier alpha value is -3.49. The Morgan fingerprint density at radius 2 is 2.17 bits per heavy atom. The Bertz CT molecular complexity index is 1200. The summed E-state index contributed by atoms with van der Waals surface area (Å²) in [7, 11) is 0. The van der Waals surface area contributed by atoms with E-state index in [4.69, 9.17) is 17.3 Å². The zero-order chi connectivity index (χ0) is 21.0. The molecule has 3 rings (SSSR count). The van der Waals surface area contributed by atoms with Gasteiger partial charge in [-0.25, -0.2) is 4.98 Å². The van der Waals surface area contributed by atoms with E-state index in [1.54, 1.807) is 22.6 Å². The number of carbonyl (C=O) groups excluding carboxylic acids is 1. The van der Waals surface area contributed by atoms with Crippen LogP contribution in [-0.4, -0.2) is 20.1 Å². The first-order chi connectivity index (χ1) is 14.0. The van der Waals surface area contributed by atoms with Crippen molar-refractivity contribution in [3.63, 3.8) is 0 Å². The molecule has 0 bridgehead atoms. The highest BCUT2D eigenvalue weighted by atomic mass is 35.5. The van der Waals surface area contributed by atoms with Gasteiger partial charge in [0.15, 0.2) is 10.7 Å². The minimum Gasteiger partial charge on any atom is -0.405 e. The molecule has 0 radical (unpaired) electrons. The molecule has 7 nitrogen and oxygen atoms in total. The quantitative estimate of drug-likeness (QED) is 0.253. The number of carbonyl (C=O) groups is 1. The number of imidazole rings is 1. The topological polar surface area (TPSA) is 104 Å². The van der Waals surface area contributed by atoms with E-state index in [1.165, 1.54) is 47.9 Å². The second-order valence-electron chi connectivity index (χ2n) is 5.74. The summed E-state index contributed by atoms with van der Waals surface area (Å²) >= 11 is 7.33. The van der Waals surface area contributed by atoms with Gasteiger partial charge in [-0.05, 0) is 30.5 Å². The molecule has 146 valence electrons. The number of hydrogen-bond donors (Lipinski definition) is 1. The van der Waals surface area contributed by atoms with Crippen molar-refractivity contribution in [1.82, 2.24) is 9.38 Å². The summed E-state index contributed by atoms with van der Waals surface area (Å²) in [5.41, 5.74) is 7.18.